The maximum Gasteiger partial charge on any atom is 0.136 e. The van der Waals surface area contributed by atoms with Crippen LogP contribution in [0.15, 0.2) is 18.2 Å². The predicted molar refractivity (Wildman–Crippen MR) is 93.1 cm³/mol. The maximum absolute atomic E-state index is 5.87. The lowest BCUT2D eigenvalue weighted by Crippen LogP contribution is -2.17. The molecule has 1 aliphatic carbocycles. The molecule has 1 aliphatic rings. The molecule has 0 spiro atoms. The van der Waals surface area contributed by atoms with Crippen molar-refractivity contribution in [3.05, 3.63) is 44.8 Å². The molecular formula is C16H19N3S2. The van der Waals surface area contributed by atoms with Crippen LogP contribution in [0.3, 0.4) is 0 Å². The summed E-state index contributed by atoms with van der Waals surface area (Å²) < 4.78 is 0. The number of nitrogens with zero attached hydrogens (tertiary/aromatic N) is 1. The number of fused-ring (bicyclic) bond motifs is 1. The Morgan fingerprint density at radius 3 is 2.90 bits per heavy atom. The molecule has 3 rings (SSSR count). The number of rotatable bonds is 4. The van der Waals surface area contributed by atoms with Crippen LogP contribution in [0.1, 0.15) is 39.4 Å². The standard InChI is InChI=1S/C16H19N3S2/c1-10-6-7-12(21-10)9-18-16-13(15(17)20)8-11-4-2-3-5-14(11)19-16/h6-8H,2-5,9H2,1H3,(H2,17,20)(H,18,19). The fourth-order valence-corrected chi connectivity index (χ4v) is 3.69. The Labute approximate surface area is 134 Å². The van der Waals surface area contributed by atoms with E-state index in [2.05, 4.69) is 30.4 Å². The van der Waals surface area contributed by atoms with Gasteiger partial charge >= 0.3 is 0 Å². The monoisotopic (exact) mass is 317 g/mol. The molecule has 0 unspecified atom stereocenters. The molecule has 0 fully saturated rings. The summed E-state index contributed by atoms with van der Waals surface area (Å²) in [6, 6.07) is 6.41. The highest BCUT2D eigenvalue weighted by Gasteiger charge is 2.16. The fraction of sp³-hybridized carbons (Fsp3) is 0.375. The van der Waals surface area contributed by atoms with E-state index in [0.717, 1.165) is 30.8 Å². The van der Waals surface area contributed by atoms with Gasteiger partial charge in [-0.05, 0) is 56.4 Å². The molecule has 3 N–H and O–H groups in total. The lowest BCUT2D eigenvalue weighted by atomic mass is 9.94. The van der Waals surface area contributed by atoms with Crippen molar-refractivity contribution in [1.82, 2.24) is 4.98 Å². The van der Waals surface area contributed by atoms with Crippen molar-refractivity contribution in [3.63, 3.8) is 0 Å². The Morgan fingerprint density at radius 2 is 2.19 bits per heavy atom. The number of nitrogens with one attached hydrogen (secondary N) is 1. The maximum atomic E-state index is 5.87. The fourth-order valence-electron chi connectivity index (χ4n) is 2.71. The number of nitrogens with two attached hydrogens (primary N) is 1. The zero-order valence-electron chi connectivity index (χ0n) is 12.1. The quantitative estimate of drug-likeness (QED) is 0.846. The molecule has 0 aliphatic heterocycles. The molecule has 0 atom stereocenters. The highest BCUT2D eigenvalue weighted by atomic mass is 32.1. The van der Waals surface area contributed by atoms with Crippen LogP contribution < -0.4 is 11.1 Å². The van der Waals surface area contributed by atoms with Gasteiger partial charge in [0.2, 0.25) is 0 Å². The van der Waals surface area contributed by atoms with Crippen LogP contribution in [0.5, 0.6) is 0 Å². The Kier molecular flexibility index (Phi) is 4.22. The summed E-state index contributed by atoms with van der Waals surface area (Å²) in [5.41, 5.74) is 9.26. The van der Waals surface area contributed by atoms with Crippen molar-refractivity contribution in [3.8, 4) is 0 Å². The van der Waals surface area contributed by atoms with Gasteiger partial charge in [-0.25, -0.2) is 4.98 Å². The zero-order valence-corrected chi connectivity index (χ0v) is 13.7. The van der Waals surface area contributed by atoms with Crippen LogP contribution in [0.2, 0.25) is 0 Å². The van der Waals surface area contributed by atoms with E-state index in [1.165, 1.54) is 33.9 Å². The number of pyridine rings is 1. The van der Waals surface area contributed by atoms with Crippen LogP contribution in [0.25, 0.3) is 0 Å². The topological polar surface area (TPSA) is 50.9 Å². The first-order valence-electron chi connectivity index (χ1n) is 7.25. The average Bonchev–Trinajstić information content (AvgIpc) is 2.89. The van der Waals surface area contributed by atoms with Gasteiger partial charge < -0.3 is 11.1 Å². The van der Waals surface area contributed by atoms with Crippen LogP contribution in [0.4, 0.5) is 5.82 Å². The second-order valence-electron chi connectivity index (χ2n) is 5.43. The predicted octanol–water partition coefficient (Wildman–Crippen LogP) is 3.58. The summed E-state index contributed by atoms with van der Waals surface area (Å²) in [5, 5.41) is 3.41. The summed E-state index contributed by atoms with van der Waals surface area (Å²) in [7, 11) is 0. The van der Waals surface area contributed by atoms with Gasteiger partial charge in [-0.15, -0.1) is 11.3 Å². The molecule has 0 bridgehead atoms. The normalized spacial score (nSPS) is 13.8. The minimum absolute atomic E-state index is 0.417. The zero-order chi connectivity index (χ0) is 14.8. The molecule has 21 heavy (non-hydrogen) atoms. The highest BCUT2D eigenvalue weighted by molar-refractivity contribution is 7.80. The third-order valence-corrected chi connectivity index (χ3v) is 5.01. The Hall–Kier alpha value is -1.46. The van der Waals surface area contributed by atoms with Crippen molar-refractivity contribution >= 4 is 34.4 Å². The van der Waals surface area contributed by atoms with Crippen LogP contribution in [-0.2, 0) is 19.4 Å². The third kappa shape index (κ3) is 3.24. The Balaban J connectivity index is 1.87. The molecule has 3 nitrogen and oxygen atoms in total. The molecule has 0 amide bonds. The summed E-state index contributed by atoms with van der Waals surface area (Å²) >= 11 is 6.99. The molecule has 0 aromatic carbocycles. The Morgan fingerprint density at radius 1 is 1.38 bits per heavy atom. The van der Waals surface area contributed by atoms with E-state index in [4.69, 9.17) is 22.9 Å². The van der Waals surface area contributed by atoms with Gasteiger partial charge in [-0.1, -0.05) is 12.2 Å². The number of aryl methyl sites for hydroxylation is 3. The highest BCUT2D eigenvalue weighted by Crippen LogP contribution is 2.25. The second-order valence-corrected chi connectivity index (χ2v) is 7.24. The minimum atomic E-state index is 0.417. The molecule has 5 heteroatoms. The van der Waals surface area contributed by atoms with Gasteiger partial charge in [0, 0.05) is 15.4 Å². The van der Waals surface area contributed by atoms with E-state index in [0.29, 0.717) is 4.99 Å². The molecule has 0 saturated heterocycles. The first kappa shape index (κ1) is 14.5. The number of thiocarbonyl (C=S) groups is 1. The summed E-state index contributed by atoms with van der Waals surface area (Å²) in [4.78, 5) is 7.81. The number of hydrogen-bond acceptors (Lipinski definition) is 4. The molecule has 2 aromatic heterocycles. The SMILES string of the molecule is Cc1ccc(CNc2nc3c(cc2C(N)=S)CCCC3)s1. The lowest BCUT2D eigenvalue weighted by Gasteiger charge is -2.19. The number of anilines is 1. The van der Waals surface area contributed by atoms with Crippen molar-refractivity contribution < 1.29 is 0 Å². The van der Waals surface area contributed by atoms with E-state index >= 15 is 0 Å². The first-order chi connectivity index (χ1) is 10.1. The molecular weight excluding hydrogens is 298 g/mol. The van der Waals surface area contributed by atoms with Crippen LogP contribution in [-0.4, -0.2) is 9.97 Å². The molecule has 0 radical (unpaired) electrons. The van der Waals surface area contributed by atoms with Crippen LogP contribution >= 0.6 is 23.6 Å². The summed E-state index contributed by atoms with van der Waals surface area (Å²) in [6.07, 6.45) is 4.59. The number of hydrogen-bond donors (Lipinski definition) is 2. The van der Waals surface area contributed by atoms with Gasteiger partial charge in [-0.2, -0.15) is 0 Å². The van der Waals surface area contributed by atoms with Crippen molar-refractivity contribution in [2.75, 3.05) is 5.32 Å². The third-order valence-electron chi connectivity index (χ3n) is 3.79. The van der Waals surface area contributed by atoms with Gasteiger partial charge in [-0.3, -0.25) is 0 Å². The molecule has 0 saturated carbocycles. The number of thiophene rings is 1. The van der Waals surface area contributed by atoms with E-state index in [1.807, 2.05) is 0 Å². The first-order valence-corrected chi connectivity index (χ1v) is 8.48. The van der Waals surface area contributed by atoms with Crippen LogP contribution in [0, 0.1) is 6.92 Å². The molecule has 2 heterocycles. The van der Waals surface area contributed by atoms with Gasteiger partial charge in [0.25, 0.3) is 0 Å². The lowest BCUT2D eigenvalue weighted by molar-refractivity contribution is 0.668. The second kappa shape index (κ2) is 6.12. The van der Waals surface area contributed by atoms with E-state index in [1.54, 1.807) is 11.3 Å². The molecule has 2 aromatic rings. The summed E-state index contributed by atoms with van der Waals surface area (Å²) in [5.74, 6) is 0.828. The molecule has 110 valence electrons. The van der Waals surface area contributed by atoms with E-state index < -0.39 is 0 Å². The van der Waals surface area contributed by atoms with Crippen molar-refractivity contribution in [2.45, 2.75) is 39.2 Å². The van der Waals surface area contributed by atoms with E-state index in [-0.39, 0.29) is 0 Å². The average molecular weight is 317 g/mol. The van der Waals surface area contributed by atoms with Gasteiger partial charge in [0.15, 0.2) is 0 Å². The smallest absolute Gasteiger partial charge is 0.136 e. The van der Waals surface area contributed by atoms with Gasteiger partial charge in [0.1, 0.15) is 10.8 Å². The summed E-state index contributed by atoms with van der Waals surface area (Å²) in [6.45, 7) is 2.88. The van der Waals surface area contributed by atoms with Crippen molar-refractivity contribution in [1.29, 1.82) is 0 Å². The van der Waals surface area contributed by atoms with Gasteiger partial charge in [0.05, 0.1) is 12.1 Å². The number of aromatic nitrogens is 1. The minimum Gasteiger partial charge on any atom is -0.389 e. The largest absolute Gasteiger partial charge is 0.389 e. The Bertz CT molecular complexity index is 676. The van der Waals surface area contributed by atoms with Crippen molar-refractivity contribution in [2.24, 2.45) is 5.73 Å². The van der Waals surface area contributed by atoms with E-state index in [9.17, 15) is 0 Å².